The van der Waals surface area contributed by atoms with Crippen LogP contribution < -0.4 is 0 Å². The zero-order valence-electron chi connectivity index (χ0n) is 12.4. The third-order valence-electron chi connectivity index (χ3n) is 4.09. The molecule has 21 heavy (non-hydrogen) atoms. The van der Waals surface area contributed by atoms with Crippen LogP contribution in [-0.2, 0) is 10.0 Å². The van der Waals surface area contributed by atoms with Crippen molar-refractivity contribution in [2.45, 2.75) is 25.2 Å². The number of nitrogens with zero attached hydrogens (tertiary/aromatic N) is 2. The second kappa shape index (κ2) is 5.39. The normalized spacial score (nSPS) is 24.3. The van der Waals surface area contributed by atoms with Crippen LogP contribution in [0.3, 0.4) is 0 Å². The molecule has 0 aliphatic carbocycles. The Hall–Kier alpha value is -1.46. The number of hydrogen-bond donors (Lipinski definition) is 0. The standard InChI is InChI=1S/C16H20N2O2S/c1-12-8-13(2)11-18(10-12)21(19,20)16-5-3-4-14-9-17-7-6-15(14)16/h3-7,9,12-13H,8,10-11H2,1-2H3. The molecule has 2 unspecified atom stereocenters. The summed E-state index contributed by atoms with van der Waals surface area (Å²) in [7, 11) is -3.45. The summed E-state index contributed by atoms with van der Waals surface area (Å²) in [6.45, 7) is 5.44. The topological polar surface area (TPSA) is 50.3 Å². The van der Waals surface area contributed by atoms with Gasteiger partial charge in [0.15, 0.2) is 0 Å². The SMILES string of the molecule is CC1CC(C)CN(S(=O)(=O)c2cccc3cnccc23)C1. The van der Waals surface area contributed by atoms with E-state index in [2.05, 4.69) is 18.8 Å². The summed E-state index contributed by atoms with van der Waals surface area (Å²) in [5.74, 6) is 0.806. The lowest BCUT2D eigenvalue weighted by molar-refractivity contribution is 0.222. The summed E-state index contributed by atoms with van der Waals surface area (Å²) < 4.78 is 27.6. The number of fused-ring (bicyclic) bond motifs is 1. The van der Waals surface area contributed by atoms with Crippen LogP contribution in [0.2, 0.25) is 0 Å². The van der Waals surface area contributed by atoms with E-state index in [-0.39, 0.29) is 0 Å². The van der Waals surface area contributed by atoms with E-state index in [0.29, 0.717) is 29.8 Å². The molecular weight excluding hydrogens is 284 g/mol. The second-order valence-corrected chi connectivity index (χ2v) is 8.03. The molecular formula is C16H20N2O2S. The lowest BCUT2D eigenvalue weighted by Gasteiger charge is -2.34. The van der Waals surface area contributed by atoms with Crippen molar-refractivity contribution in [2.75, 3.05) is 13.1 Å². The van der Waals surface area contributed by atoms with Gasteiger partial charge >= 0.3 is 0 Å². The van der Waals surface area contributed by atoms with Gasteiger partial charge in [0.25, 0.3) is 0 Å². The van der Waals surface area contributed by atoms with Crippen LogP contribution in [0.25, 0.3) is 10.8 Å². The van der Waals surface area contributed by atoms with Crippen LogP contribution >= 0.6 is 0 Å². The first-order chi connectivity index (χ1) is 9.98. The minimum atomic E-state index is -3.45. The van der Waals surface area contributed by atoms with Gasteiger partial charge < -0.3 is 0 Å². The Balaban J connectivity index is 2.08. The molecule has 2 atom stereocenters. The molecule has 1 fully saturated rings. The van der Waals surface area contributed by atoms with Crippen molar-refractivity contribution in [3.63, 3.8) is 0 Å². The van der Waals surface area contributed by atoms with Gasteiger partial charge in [-0.25, -0.2) is 8.42 Å². The van der Waals surface area contributed by atoms with Crippen molar-refractivity contribution < 1.29 is 8.42 Å². The highest BCUT2D eigenvalue weighted by Gasteiger charge is 2.32. The molecule has 0 saturated carbocycles. The van der Waals surface area contributed by atoms with Crippen LogP contribution in [-0.4, -0.2) is 30.8 Å². The molecule has 0 N–H and O–H groups in total. The maximum absolute atomic E-state index is 13.0. The smallest absolute Gasteiger partial charge is 0.243 e. The van der Waals surface area contributed by atoms with E-state index < -0.39 is 10.0 Å². The molecule has 2 aromatic rings. The van der Waals surface area contributed by atoms with Crippen molar-refractivity contribution in [3.8, 4) is 0 Å². The molecule has 0 spiro atoms. The molecule has 1 aliphatic heterocycles. The number of sulfonamides is 1. The van der Waals surface area contributed by atoms with Crippen molar-refractivity contribution in [1.29, 1.82) is 0 Å². The molecule has 3 rings (SSSR count). The fourth-order valence-corrected chi connectivity index (χ4v) is 5.15. The average molecular weight is 304 g/mol. The molecule has 5 heteroatoms. The third kappa shape index (κ3) is 2.68. The van der Waals surface area contributed by atoms with E-state index in [1.807, 2.05) is 6.07 Å². The van der Waals surface area contributed by atoms with Gasteiger partial charge in [-0.15, -0.1) is 0 Å². The summed E-state index contributed by atoms with van der Waals surface area (Å²) >= 11 is 0. The van der Waals surface area contributed by atoms with Gasteiger partial charge in [-0.3, -0.25) is 4.98 Å². The van der Waals surface area contributed by atoms with Gasteiger partial charge in [-0.05, 0) is 30.4 Å². The molecule has 0 radical (unpaired) electrons. The summed E-state index contributed by atoms with van der Waals surface area (Å²) in [5, 5.41) is 1.61. The average Bonchev–Trinajstić information content (AvgIpc) is 2.45. The van der Waals surface area contributed by atoms with E-state index in [4.69, 9.17) is 0 Å². The Kier molecular flexibility index (Phi) is 3.71. The fourth-order valence-electron chi connectivity index (χ4n) is 3.26. The Bertz CT molecular complexity index is 742. The summed E-state index contributed by atoms with van der Waals surface area (Å²) in [4.78, 5) is 4.46. The van der Waals surface area contributed by atoms with Gasteiger partial charge in [-0.2, -0.15) is 4.31 Å². The summed E-state index contributed by atoms with van der Waals surface area (Å²) in [6, 6.07) is 7.15. The highest BCUT2D eigenvalue weighted by molar-refractivity contribution is 7.89. The second-order valence-electron chi connectivity index (χ2n) is 6.12. The van der Waals surface area contributed by atoms with Crippen molar-refractivity contribution in [3.05, 3.63) is 36.7 Å². The quantitative estimate of drug-likeness (QED) is 0.857. The Morgan fingerprint density at radius 1 is 1.14 bits per heavy atom. The predicted molar refractivity (Wildman–Crippen MR) is 83.4 cm³/mol. The van der Waals surface area contributed by atoms with E-state index in [9.17, 15) is 8.42 Å². The highest BCUT2D eigenvalue weighted by atomic mass is 32.2. The number of rotatable bonds is 2. The molecule has 4 nitrogen and oxygen atoms in total. The zero-order valence-corrected chi connectivity index (χ0v) is 13.2. The van der Waals surface area contributed by atoms with Crippen LogP contribution in [0.15, 0.2) is 41.6 Å². The predicted octanol–water partition coefficient (Wildman–Crippen LogP) is 2.90. The first-order valence-electron chi connectivity index (χ1n) is 7.31. The lowest BCUT2D eigenvalue weighted by Crippen LogP contribution is -2.42. The zero-order chi connectivity index (χ0) is 15.0. The number of benzene rings is 1. The van der Waals surface area contributed by atoms with Gasteiger partial charge in [-0.1, -0.05) is 26.0 Å². The molecule has 0 amide bonds. The van der Waals surface area contributed by atoms with Crippen LogP contribution in [0, 0.1) is 11.8 Å². The minimum Gasteiger partial charge on any atom is -0.264 e. The number of aromatic nitrogens is 1. The molecule has 1 aliphatic rings. The molecule has 1 aromatic carbocycles. The number of piperidine rings is 1. The fraction of sp³-hybridized carbons (Fsp3) is 0.438. The summed E-state index contributed by atoms with van der Waals surface area (Å²) in [5.41, 5.74) is 0. The largest absolute Gasteiger partial charge is 0.264 e. The highest BCUT2D eigenvalue weighted by Crippen LogP contribution is 2.30. The maximum Gasteiger partial charge on any atom is 0.243 e. The van der Waals surface area contributed by atoms with E-state index in [1.165, 1.54) is 0 Å². The van der Waals surface area contributed by atoms with Crippen molar-refractivity contribution >= 4 is 20.8 Å². The first kappa shape index (κ1) is 14.5. The van der Waals surface area contributed by atoms with Crippen LogP contribution in [0.5, 0.6) is 0 Å². The number of pyridine rings is 1. The van der Waals surface area contributed by atoms with Gasteiger partial charge in [0.05, 0.1) is 4.90 Å². The van der Waals surface area contributed by atoms with E-state index >= 15 is 0 Å². The lowest BCUT2D eigenvalue weighted by atomic mass is 9.94. The van der Waals surface area contributed by atoms with E-state index in [1.54, 1.807) is 34.9 Å². The minimum absolute atomic E-state index is 0.392. The van der Waals surface area contributed by atoms with Gasteiger partial charge in [0.1, 0.15) is 0 Å². The van der Waals surface area contributed by atoms with Gasteiger partial charge in [0, 0.05) is 36.3 Å². The van der Waals surface area contributed by atoms with Crippen molar-refractivity contribution in [2.24, 2.45) is 11.8 Å². The van der Waals surface area contributed by atoms with Crippen LogP contribution in [0.1, 0.15) is 20.3 Å². The molecule has 2 heterocycles. The third-order valence-corrected chi connectivity index (χ3v) is 5.98. The molecule has 112 valence electrons. The van der Waals surface area contributed by atoms with Crippen molar-refractivity contribution in [1.82, 2.24) is 9.29 Å². The monoisotopic (exact) mass is 304 g/mol. The molecule has 1 aromatic heterocycles. The molecule has 0 bridgehead atoms. The number of hydrogen-bond acceptors (Lipinski definition) is 3. The summed E-state index contributed by atoms with van der Waals surface area (Å²) in [6.07, 6.45) is 4.43. The first-order valence-corrected chi connectivity index (χ1v) is 8.75. The molecule has 1 saturated heterocycles. The maximum atomic E-state index is 13.0. The van der Waals surface area contributed by atoms with Crippen LogP contribution in [0.4, 0.5) is 0 Å². The Morgan fingerprint density at radius 3 is 2.57 bits per heavy atom. The Labute approximate surface area is 125 Å². The Morgan fingerprint density at radius 2 is 1.86 bits per heavy atom. The van der Waals surface area contributed by atoms with E-state index in [0.717, 1.165) is 17.2 Å². The van der Waals surface area contributed by atoms with Gasteiger partial charge in [0.2, 0.25) is 10.0 Å².